The molecule has 0 saturated heterocycles. The molecule has 2 N–H and O–H groups in total. The van der Waals surface area contributed by atoms with Gasteiger partial charge in [-0.3, -0.25) is 14.6 Å². The summed E-state index contributed by atoms with van der Waals surface area (Å²) >= 11 is 5.71. The molecule has 3 rings (SSSR count). The number of amides is 2. The number of rotatable bonds is 5. The highest BCUT2D eigenvalue weighted by molar-refractivity contribution is 6.31. The topological polar surface area (TPSA) is 80.3 Å². The summed E-state index contributed by atoms with van der Waals surface area (Å²) in [5.41, 5.74) is 1.07. The standard InChI is InChI=1S/C20H15ClFN3O3/c1-28-18-5-3-2-4-16(18)25-19(26)12-8-9-23-17(10-12)20(27)24-13-6-7-15(22)14(21)11-13/h2-11H,1H3,(H,24,27)(H,25,26). The van der Waals surface area contributed by atoms with Gasteiger partial charge in [0.05, 0.1) is 17.8 Å². The normalized spacial score (nSPS) is 10.2. The van der Waals surface area contributed by atoms with Crippen LogP contribution in [0.3, 0.4) is 0 Å². The number of hydrogen-bond acceptors (Lipinski definition) is 4. The Hall–Kier alpha value is -3.45. The van der Waals surface area contributed by atoms with E-state index in [2.05, 4.69) is 15.6 Å². The molecule has 0 aliphatic rings. The average Bonchev–Trinajstić information content (AvgIpc) is 2.71. The quantitative estimate of drug-likeness (QED) is 0.667. The lowest BCUT2D eigenvalue weighted by Gasteiger charge is -2.10. The molecule has 0 atom stereocenters. The van der Waals surface area contributed by atoms with Crippen molar-refractivity contribution in [1.29, 1.82) is 0 Å². The molecule has 8 heteroatoms. The molecule has 2 amide bonds. The van der Waals surface area contributed by atoms with E-state index in [4.69, 9.17) is 16.3 Å². The van der Waals surface area contributed by atoms with Gasteiger partial charge < -0.3 is 15.4 Å². The van der Waals surface area contributed by atoms with Gasteiger partial charge >= 0.3 is 0 Å². The van der Waals surface area contributed by atoms with E-state index in [0.717, 1.165) is 6.07 Å². The van der Waals surface area contributed by atoms with Gasteiger partial charge in [-0.1, -0.05) is 23.7 Å². The summed E-state index contributed by atoms with van der Waals surface area (Å²) in [7, 11) is 1.50. The van der Waals surface area contributed by atoms with E-state index >= 15 is 0 Å². The Labute approximate surface area is 165 Å². The number of halogens is 2. The molecule has 0 saturated carbocycles. The molecule has 6 nitrogen and oxygen atoms in total. The average molecular weight is 400 g/mol. The summed E-state index contributed by atoms with van der Waals surface area (Å²) in [5.74, 6) is -1.07. The van der Waals surface area contributed by atoms with Gasteiger partial charge in [-0.15, -0.1) is 0 Å². The summed E-state index contributed by atoms with van der Waals surface area (Å²) in [5, 5.41) is 5.17. The first-order chi connectivity index (χ1) is 13.5. The Morgan fingerprint density at radius 3 is 2.57 bits per heavy atom. The second-order valence-corrected chi connectivity index (χ2v) is 6.07. The van der Waals surface area contributed by atoms with E-state index < -0.39 is 17.6 Å². The van der Waals surface area contributed by atoms with Crippen LogP contribution in [0.5, 0.6) is 5.75 Å². The predicted octanol–water partition coefficient (Wildman–Crippen LogP) is 4.39. The van der Waals surface area contributed by atoms with Gasteiger partial charge in [-0.2, -0.15) is 0 Å². The van der Waals surface area contributed by atoms with Crippen LogP contribution in [0.15, 0.2) is 60.8 Å². The lowest BCUT2D eigenvalue weighted by molar-refractivity contribution is 0.102. The van der Waals surface area contributed by atoms with Gasteiger partial charge in [0.25, 0.3) is 11.8 Å². The predicted molar refractivity (Wildman–Crippen MR) is 105 cm³/mol. The van der Waals surface area contributed by atoms with Crippen molar-refractivity contribution in [2.75, 3.05) is 17.7 Å². The summed E-state index contributed by atoms with van der Waals surface area (Å²) < 4.78 is 18.4. The van der Waals surface area contributed by atoms with E-state index in [1.54, 1.807) is 24.3 Å². The van der Waals surface area contributed by atoms with Crippen LogP contribution in [-0.2, 0) is 0 Å². The van der Waals surface area contributed by atoms with Crippen molar-refractivity contribution in [2.24, 2.45) is 0 Å². The first-order valence-corrected chi connectivity index (χ1v) is 8.52. The molecule has 142 valence electrons. The van der Waals surface area contributed by atoms with Gasteiger partial charge in [0.15, 0.2) is 0 Å². The number of nitrogens with one attached hydrogen (secondary N) is 2. The fraction of sp³-hybridized carbons (Fsp3) is 0.0500. The molecular formula is C20H15ClFN3O3. The second-order valence-electron chi connectivity index (χ2n) is 5.67. The molecule has 1 heterocycles. The molecule has 0 spiro atoms. The zero-order valence-corrected chi connectivity index (χ0v) is 15.5. The molecule has 3 aromatic rings. The van der Waals surface area contributed by atoms with Gasteiger partial charge in [-0.25, -0.2) is 4.39 Å². The molecule has 0 bridgehead atoms. The minimum Gasteiger partial charge on any atom is -0.495 e. The first kappa shape index (κ1) is 19.3. The zero-order valence-electron chi connectivity index (χ0n) is 14.7. The molecule has 0 radical (unpaired) electrons. The number of para-hydroxylation sites is 2. The molecule has 2 aromatic carbocycles. The van der Waals surface area contributed by atoms with Gasteiger partial charge in [-0.05, 0) is 42.5 Å². The molecule has 1 aromatic heterocycles. The maximum atomic E-state index is 13.2. The molecule has 0 fully saturated rings. The third-order valence-corrected chi connectivity index (χ3v) is 4.08. The number of benzene rings is 2. The van der Waals surface area contributed by atoms with Crippen molar-refractivity contribution >= 4 is 34.8 Å². The number of anilines is 2. The van der Waals surface area contributed by atoms with Crippen molar-refractivity contribution in [3.63, 3.8) is 0 Å². The van der Waals surface area contributed by atoms with E-state index in [-0.39, 0.29) is 16.3 Å². The van der Waals surface area contributed by atoms with Crippen molar-refractivity contribution in [2.45, 2.75) is 0 Å². The number of hydrogen-bond donors (Lipinski definition) is 2. The van der Waals surface area contributed by atoms with E-state index in [0.29, 0.717) is 17.1 Å². The van der Waals surface area contributed by atoms with Crippen LogP contribution >= 0.6 is 11.6 Å². The highest BCUT2D eigenvalue weighted by atomic mass is 35.5. The van der Waals surface area contributed by atoms with Crippen LogP contribution in [0.25, 0.3) is 0 Å². The molecule has 0 unspecified atom stereocenters. The lowest BCUT2D eigenvalue weighted by atomic mass is 10.2. The number of carbonyl (C=O) groups excluding carboxylic acids is 2. The Morgan fingerprint density at radius 2 is 1.82 bits per heavy atom. The number of pyridine rings is 1. The second kappa shape index (κ2) is 8.49. The SMILES string of the molecule is COc1ccccc1NC(=O)c1ccnc(C(=O)Nc2ccc(F)c(Cl)c2)c1. The van der Waals surface area contributed by atoms with Crippen LogP contribution in [0.1, 0.15) is 20.8 Å². The largest absolute Gasteiger partial charge is 0.495 e. The van der Waals surface area contributed by atoms with Gasteiger partial charge in [0.2, 0.25) is 0 Å². The van der Waals surface area contributed by atoms with Crippen LogP contribution in [0.2, 0.25) is 5.02 Å². The zero-order chi connectivity index (χ0) is 20.1. The number of methoxy groups -OCH3 is 1. The first-order valence-electron chi connectivity index (χ1n) is 8.15. The van der Waals surface area contributed by atoms with Crippen molar-refractivity contribution < 1.29 is 18.7 Å². The van der Waals surface area contributed by atoms with Gasteiger partial charge in [0, 0.05) is 17.4 Å². The lowest BCUT2D eigenvalue weighted by Crippen LogP contribution is -2.17. The maximum absolute atomic E-state index is 13.2. The minimum absolute atomic E-state index is 0.0214. The van der Waals surface area contributed by atoms with Crippen LogP contribution < -0.4 is 15.4 Å². The smallest absolute Gasteiger partial charge is 0.274 e. The molecule has 0 aliphatic heterocycles. The van der Waals surface area contributed by atoms with Crippen LogP contribution in [0, 0.1) is 5.82 Å². The van der Waals surface area contributed by atoms with Crippen LogP contribution in [0.4, 0.5) is 15.8 Å². The third-order valence-electron chi connectivity index (χ3n) is 3.79. The molecular weight excluding hydrogens is 385 g/mol. The molecule has 28 heavy (non-hydrogen) atoms. The maximum Gasteiger partial charge on any atom is 0.274 e. The van der Waals surface area contributed by atoms with E-state index in [9.17, 15) is 14.0 Å². The Bertz CT molecular complexity index is 1040. The monoisotopic (exact) mass is 399 g/mol. The van der Waals surface area contributed by atoms with Crippen molar-refractivity contribution in [3.8, 4) is 5.75 Å². The Balaban J connectivity index is 1.76. The van der Waals surface area contributed by atoms with Gasteiger partial charge in [0.1, 0.15) is 17.3 Å². The fourth-order valence-corrected chi connectivity index (χ4v) is 2.59. The van der Waals surface area contributed by atoms with Crippen LogP contribution in [-0.4, -0.2) is 23.9 Å². The highest BCUT2D eigenvalue weighted by Gasteiger charge is 2.14. The van der Waals surface area contributed by atoms with E-state index in [1.165, 1.54) is 37.6 Å². The number of aromatic nitrogens is 1. The van der Waals surface area contributed by atoms with E-state index in [1.807, 2.05) is 0 Å². The number of nitrogens with zero attached hydrogens (tertiary/aromatic N) is 1. The number of carbonyl (C=O) groups is 2. The number of ether oxygens (including phenoxy) is 1. The summed E-state index contributed by atoms with van der Waals surface area (Å²) in [6.45, 7) is 0. The Kier molecular flexibility index (Phi) is 5.86. The third kappa shape index (κ3) is 4.44. The van der Waals surface area contributed by atoms with Crippen molar-refractivity contribution in [3.05, 3.63) is 82.9 Å². The highest BCUT2D eigenvalue weighted by Crippen LogP contribution is 2.24. The summed E-state index contributed by atoms with van der Waals surface area (Å²) in [4.78, 5) is 28.9. The minimum atomic E-state index is -0.590. The van der Waals surface area contributed by atoms with Crippen molar-refractivity contribution in [1.82, 2.24) is 4.98 Å². The fourth-order valence-electron chi connectivity index (χ4n) is 2.41. The molecule has 0 aliphatic carbocycles. The summed E-state index contributed by atoms with van der Waals surface area (Å²) in [6, 6.07) is 13.6. The summed E-state index contributed by atoms with van der Waals surface area (Å²) in [6.07, 6.45) is 1.35. The Morgan fingerprint density at radius 1 is 1.04 bits per heavy atom.